The van der Waals surface area contributed by atoms with E-state index in [1.165, 1.54) is 51.6 Å². The van der Waals surface area contributed by atoms with Crippen molar-refractivity contribution < 1.29 is 0 Å². The van der Waals surface area contributed by atoms with E-state index in [0.29, 0.717) is 11.5 Å². The van der Waals surface area contributed by atoms with Gasteiger partial charge in [-0.05, 0) is 67.6 Å². The lowest BCUT2D eigenvalue weighted by Crippen LogP contribution is -2.62. The average Bonchev–Trinajstić information content (AvgIpc) is 2.12. The Hall–Kier alpha value is -0.0800. The molecule has 0 aromatic heterocycles. The van der Waals surface area contributed by atoms with Gasteiger partial charge in [0.05, 0.1) is 0 Å². The lowest BCUT2D eigenvalue weighted by molar-refractivity contribution is -0.0807. The molecule has 0 aromatic carbocycles. The van der Waals surface area contributed by atoms with E-state index in [2.05, 4.69) is 5.32 Å². The predicted molar refractivity (Wildman–Crippen MR) is 64.9 cm³/mol. The molecule has 90 valence electrons. The zero-order chi connectivity index (χ0) is 10.8. The molecule has 1 atom stereocenters. The second-order valence-corrected chi connectivity index (χ2v) is 7.22. The van der Waals surface area contributed by atoms with Gasteiger partial charge in [0.25, 0.3) is 0 Å². The molecule has 0 amide bonds. The fourth-order valence-corrected chi connectivity index (χ4v) is 5.65. The Morgan fingerprint density at radius 3 is 1.81 bits per heavy atom. The van der Waals surface area contributed by atoms with Crippen LogP contribution in [0.3, 0.4) is 0 Å². The van der Waals surface area contributed by atoms with Crippen LogP contribution in [0.15, 0.2) is 0 Å². The highest BCUT2D eigenvalue weighted by Gasteiger charge is 2.54. The molecule has 0 radical (unpaired) electrons. The Labute approximate surface area is 98.3 Å². The van der Waals surface area contributed by atoms with Crippen LogP contribution in [0.1, 0.15) is 38.5 Å². The van der Waals surface area contributed by atoms with Crippen molar-refractivity contribution in [3.05, 3.63) is 0 Å². The minimum Gasteiger partial charge on any atom is -0.327 e. The third-order valence-corrected chi connectivity index (χ3v) is 6.11. The number of hydrogen-bond acceptors (Lipinski definition) is 2. The van der Waals surface area contributed by atoms with Gasteiger partial charge in [0.2, 0.25) is 0 Å². The van der Waals surface area contributed by atoms with Gasteiger partial charge in [-0.1, -0.05) is 0 Å². The Kier molecular flexibility index (Phi) is 2.00. The third kappa shape index (κ3) is 1.26. The van der Waals surface area contributed by atoms with Crippen LogP contribution >= 0.6 is 0 Å². The summed E-state index contributed by atoms with van der Waals surface area (Å²) in [5, 5.41) is 3.39. The molecule has 4 bridgehead atoms. The van der Waals surface area contributed by atoms with Crippen molar-refractivity contribution in [1.82, 2.24) is 5.32 Å². The molecule has 0 spiro atoms. The molecular formula is C14H24N2. The second kappa shape index (κ2) is 3.23. The SMILES string of the molecule is NC(C1CNC1)C12CC3CC(CC(C3)C1)C2. The maximum absolute atomic E-state index is 6.64. The Morgan fingerprint density at radius 1 is 0.938 bits per heavy atom. The van der Waals surface area contributed by atoms with Crippen molar-refractivity contribution in [3.63, 3.8) is 0 Å². The molecule has 1 aliphatic heterocycles. The van der Waals surface area contributed by atoms with Gasteiger partial charge in [0, 0.05) is 19.1 Å². The molecule has 16 heavy (non-hydrogen) atoms. The van der Waals surface area contributed by atoms with E-state index in [1.54, 1.807) is 0 Å². The van der Waals surface area contributed by atoms with Gasteiger partial charge in [-0.25, -0.2) is 0 Å². The quantitative estimate of drug-likeness (QED) is 0.744. The van der Waals surface area contributed by atoms with Gasteiger partial charge in [-0.15, -0.1) is 0 Å². The van der Waals surface area contributed by atoms with Gasteiger partial charge in [0.1, 0.15) is 0 Å². The smallest absolute Gasteiger partial charge is 0.0149 e. The first kappa shape index (κ1) is 9.90. The molecule has 4 aliphatic carbocycles. The van der Waals surface area contributed by atoms with Gasteiger partial charge in [0.15, 0.2) is 0 Å². The highest BCUT2D eigenvalue weighted by molar-refractivity contribution is 5.08. The van der Waals surface area contributed by atoms with E-state index >= 15 is 0 Å². The molecule has 2 heteroatoms. The van der Waals surface area contributed by atoms with Crippen LogP contribution in [0, 0.1) is 29.1 Å². The lowest BCUT2D eigenvalue weighted by atomic mass is 9.46. The summed E-state index contributed by atoms with van der Waals surface area (Å²) in [6, 6.07) is 0.502. The van der Waals surface area contributed by atoms with E-state index in [0.717, 1.165) is 23.7 Å². The summed E-state index contributed by atoms with van der Waals surface area (Å²) >= 11 is 0. The van der Waals surface area contributed by atoms with Crippen LogP contribution in [-0.4, -0.2) is 19.1 Å². The average molecular weight is 220 g/mol. The molecule has 2 nitrogen and oxygen atoms in total. The highest BCUT2D eigenvalue weighted by Crippen LogP contribution is 2.61. The van der Waals surface area contributed by atoms with E-state index in [4.69, 9.17) is 5.73 Å². The summed E-state index contributed by atoms with van der Waals surface area (Å²) in [5.41, 5.74) is 7.21. The largest absolute Gasteiger partial charge is 0.327 e. The number of hydrogen-bond donors (Lipinski definition) is 2. The van der Waals surface area contributed by atoms with E-state index in [-0.39, 0.29) is 0 Å². The molecular weight excluding hydrogens is 196 g/mol. The Bertz CT molecular complexity index is 260. The molecule has 1 unspecified atom stereocenters. The van der Waals surface area contributed by atoms with Crippen molar-refractivity contribution >= 4 is 0 Å². The normalized spacial score (nSPS) is 52.7. The van der Waals surface area contributed by atoms with Crippen molar-refractivity contribution in [3.8, 4) is 0 Å². The van der Waals surface area contributed by atoms with Crippen LogP contribution in [0.2, 0.25) is 0 Å². The van der Waals surface area contributed by atoms with Gasteiger partial charge in [-0.2, -0.15) is 0 Å². The monoisotopic (exact) mass is 220 g/mol. The van der Waals surface area contributed by atoms with Crippen molar-refractivity contribution in [1.29, 1.82) is 0 Å². The molecule has 5 fully saturated rings. The van der Waals surface area contributed by atoms with E-state index in [9.17, 15) is 0 Å². The maximum Gasteiger partial charge on any atom is 0.0149 e. The molecule has 4 saturated carbocycles. The molecule has 5 aliphatic rings. The van der Waals surface area contributed by atoms with Crippen molar-refractivity contribution in [2.75, 3.05) is 13.1 Å². The zero-order valence-electron chi connectivity index (χ0n) is 10.1. The van der Waals surface area contributed by atoms with Crippen LogP contribution in [0.5, 0.6) is 0 Å². The van der Waals surface area contributed by atoms with Crippen LogP contribution < -0.4 is 11.1 Å². The summed E-state index contributed by atoms with van der Waals surface area (Å²) in [4.78, 5) is 0. The second-order valence-electron chi connectivity index (χ2n) is 7.22. The first-order valence-corrected chi connectivity index (χ1v) is 7.21. The van der Waals surface area contributed by atoms with Crippen molar-refractivity contribution in [2.24, 2.45) is 34.8 Å². The Morgan fingerprint density at radius 2 is 1.44 bits per heavy atom. The summed E-state index contributed by atoms with van der Waals surface area (Å²) in [7, 11) is 0. The predicted octanol–water partition coefficient (Wildman–Crippen LogP) is 1.75. The maximum atomic E-state index is 6.64. The molecule has 1 saturated heterocycles. The zero-order valence-corrected chi connectivity index (χ0v) is 10.1. The van der Waals surface area contributed by atoms with Crippen LogP contribution in [0.4, 0.5) is 0 Å². The first-order chi connectivity index (χ1) is 7.75. The minimum atomic E-state index is 0.502. The van der Waals surface area contributed by atoms with Gasteiger partial charge >= 0.3 is 0 Å². The fourth-order valence-electron chi connectivity index (χ4n) is 5.65. The van der Waals surface area contributed by atoms with E-state index in [1.807, 2.05) is 0 Å². The summed E-state index contributed by atoms with van der Waals surface area (Å²) < 4.78 is 0. The Balaban J connectivity index is 1.60. The summed E-state index contributed by atoms with van der Waals surface area (Å²) in [6.45, 7) is 2.37. The molecule has 5 rings (SSSR count). The van der Waals surface area contributed by atoms with Crippen molar-refractivity contribution in [2.45, 2.75) is 44.6 Å². The summed E-state index contributed by atoms with van der Waals surface area (Å²) in [5.74, 6) is 3.93. The first-order valence-electron chi connectivity index (χ1n) is 7.21. The topological polar surface area (TPSA) is 38.0 Å². The molecule has 0 aromatic rings. The van der Waals surface area contributed by atoms with Gasteiger partial charge < -0.3 is 11.1 Å². The lowest BCUT2D eigenvalue weighted by Gasteiger charge is -2.60. The standard InChI is InChI=1S/C14H24N2/c15-13(12-7-16-8-12)14-4-9-1-10(5-14)3-11(2-9)6-14/h9-13,16H,1-8,15H2. The summed E-state index contributed by atoms with van der Waals surface area (Å²) in [6.07, 6.45) is 9.02. The number of nitrogens with two attached hydrogens (primary N) is 1. The number of nitrogens with one attached hydrogen (secondary N) is 1. The highest BCUT2D eigenvalue weighted by atomic mass is 15.0. The van der Waals surface area contributed by atoms with Crippen LogP contribution in [-0.2, 0) is 0 Å². The third-order valence-electron chi connectivity index (χ3n) is 6.11. The van der Waals surface area contributed by atoms with E-state index < -0.39 is 0 Å². The number of rotatable bonds is 2. The molecule has 1 heterocycles. The minimum absolute atomic E-state index is 0.502. The fraction of sp³-hybridized carbons (Fsp3) is 1.00. The molecule has 3 N–H and O–H groups in total. The van der Waals surface area contributed by atoms with Crippen LogP contribution in [0.25, 0.3) is 0 Å². The van der Waals surface area contributed by atoms with Gasteiger partial charge in [-0.3, -0.25) is 0 Å².